The van der Waals surface area contributed by atoms with Crippen LogP contribution in [0.1, 0.15) is 38.5 Å². The number of carbonyl (C=O) groups is 1. The second kappa shape index (κ2) is 4.99. The van der Waals surface area contributed by atoms with Crippen LogP contribution in [-0.4, -0.2) is 5.91 Å². The zero-order valence-electron chi connectivity index (χ0n) is 11.9. The molecule has 4 bridgehead atoms. The van der Waals surface area contributed by atoms with Gasteiger partial charge < -0.3 is 5.32 Å². The van der Waals surface area contributed by atoms with E-state index in [9.17, 15) is 4.79 Å². The fraction of sp³-hybridized carbons (Fsp3) is 0.588. The summed E-state index contributed by atoms with van der Waals surface area (Å²) in [7, 11) is 0. The second-order valence-electron chi connectivity index (χ2n) is 7.28. The van der Waals surface area contributed by atoms with Crippen LogP contribution in [0.25, 0.3) is 0 Å². The average molecular weight is 369 g/mol. The van der Waals surface area contributed by atoms with Gasteiger partial charge in [0.1, 0.15) is 0 Å². The molecule has 0 aliphatic heterocycles. The molecule has 1 aromatic carbocycles. The fourth-order valence-corrected chi connectivity index (χ4v) is 5.65. The van der Waals surface area contributed by atoms with Crippen molar-refractivity contribution in [2.45, 2.75) is 38.5 Å². The van der Waals surface area contributed by atoms with E-state index < -0.39 is 0 Å². The molecule has 5 rings (SSSR count). The Kier molecular flexibility index (Phi) is 3.34. The Balaban J connectivity index is 1.56. The third-order valence-electron chi connectivity index (χ3n) is 5.70. The number of carbonyl (C=O) groups excluding carboxylic acids is 1. The number of benzene rings is 1. The van der Waals surface area contributed by atoms with Gasteiger partial charge in [-0.1, -0.05) is 11.6 Å². The Morgan fingerprint density at radius 2 is 1.71 bits per heavy atom. The lowest BCUT2D eigenvalue weighted by atomic mass is 9.49. The molecule has 1 aromatic rings. The summed E-state index contributed by atoms with van der Waals surface area (Å²) in [6, 6.07) is 5.62. The van der Waals surface area contributed by atoms with Crippen LogP contribution in [0.4, 0.5) is 5.69 Å². The van der Waals surface area contributed by atoms with Crippen molar-refractivity contribution in [1.29, 1.82) is 0 Å². The number of nitrogens with one attached hydrogen (secondary N) is 1. The van der Waals surface area contributed by atoms with E-state index in [0.29, 0.717) is 5.02 Å². The average Bonchev–Trinajstić information content (AvgIpc) is 2.41. The van der Waals surface area contributed by atoms with E-state index in [2.05, 4.69) is 21.2 Å². The zero-order valence-corrected chi connectivity index (χ0v) is 14.2. The zero-order chi connectivity index (χ0) is 14.6. The first kappa shape index (κ1) is 14.1. The molecule has 1 N–H and O–H groups in total. The normalized spacial score (nSPS) is 36.8. The lowest BCUT2D eigenvalue weighted by molar-refractivity contribution is -0.140. The van der Waals surface area contributed by atoms with Crippen LogP contribution in [0, 0.1) is 23.2 Å². The third kappa shape index (κ3) is 2.43. The molecule has 4 heteroatoms. The van der Waals surface area contributed by atoms with Crippen molar-refractivity contribution >= 4 is 39.1 Å². The fourth-order valence-electron chi connectivity index (χ4n) is 5.23. The van der Waals surface area contributed by atoms with Crippen LogP contribution >= 0.6 is 27.5 Å². The molecule has 2 nitrogen and oxygen atoms in total. The number of amides is 1. The third-order valence-corrected chi connectivity index (χ3v) is 6.93. The van der Waals surface area contributed by atoms with Crippen molar-refractivity contribution in [3.05, 3.63) is 27.7 Å². The van der Waals surface area contributed by atoms with Gasteiger partial charge in [0.2, 0.25) is 5.91 Å². The topological polar surface area (TPSA) is 29.1 Å². The van der Waals surface area contributed by atoms with Crippen LogP contribution < -0.4 is 5.32 Å². The van der Waals surface area contributed by atoms with Crippen molar-refractivity contribution in [1.82, 2.24) is 0 Å². The van der Waals surface area contributed by atoms with Crippen molar-refractivity contribution in [3.63, 3.8) is 0 Å². The molecule has 112 valence electrons. The lowest BCUT2D eigenvalue weighted by Gasteiger charge is -2.55. The van der Waals surface area contributed by atoms with Gasteiger partial charge in [-0.05, 0) is 90.4 Å². The molecule has 1 amide bonds. The standard InChI is InChI=1S/C17H19BrClNO/c18-14-2-1-13(6-15(14)19)20-16(21)17-7-10-3-11(8-17)5-12(4-10)9-17/h1-2,6,10-12H,3-5,7-9H2,(H,20,21). The van der Waals surface area contributed by atoms with Crippen LogP contribution in [0.5, 0.6) is 0 Å². The van der Waals surface area contributed by atoms with Crippen LogP contribution in [0.2, 0.25) is 5.02 Å². The van der Waals surface area contributed by atoms with Gasteiger partial charge in [-0.25, -0.2) is 0 Å². The summed E-state index contributed by atoms with van der Waals surface area (Å²) in [5, 5.41) is 3.76. The van der Waals surface area contributed by atoms with Crippen LogP contribution in [0.15, 0.2) is 22.7 Å². The molecule has 0 heterocycles. The van der Waals surface area contributed by atoms with E-state index in [1.54, 1.807) is 0 Å². The second-order valence-corrected chi connectivity index (χ2v) is 8.54. The summed E-state index contributed by atoms with van der Waals surface area (Å²) in [5.74, 6) is 2.58. The van der Waals surface area contributed by atoms with Crippen molar-refractivity contribution in [2.75, 3.05) is 5.32 Å². The molecule has 0 aromatic heterocycles. The Morgan fingerprint density at radius 3 is 2.24 bits per heavy atom. The number of anilines is 1. The van der Waals surface area contributed by atoms with Gasteiger partial charge in [0.05, 0.1) is 10.4 Å². The minimum Gasteiger partial charge on any atom is -0.326 e. The number of rotatable bonds is 2. The van der Waals surface area contributed by atoms with E-state index in [-0.39, 0.29) is 11.3 Å². The summed E-state index contributed by atoms with van der Waals surface area (Å²) in [4.78, 5) is 12.9. The maximum Gasteiger partial charge on any atom is 0.230 e. The molecule has 4 aliphatic carbocycles. The molecule has 0 radical (unpaired) electrons. The van der Waals surface area contributed by atoms with Crippen LogP contribution in [0.3, 0.4) is 0 Å². The Hall–Kier alpha value is -0.540. The monoisotopic (exact) mass is 367 g/mol. The highest BCUT2D eigenvalue weighted by Crippen LogP contribution is 2.60. The smallest absolute Gasteiger partial charge is 0.230 e. The van der Waals surface area contributed by atoms with E-state index in [1.165, 1.54) is 19.3 Å². The predicted octanol–water partition coefficient (Wildman–Crippen LogP) is 5.26. The highest BCUT2D eigenvalue weighted by Gasteiger charge is 2.54. The van der Waals surface area contributed by atoms with Gasteiger partial charge >= 0.3 is 0 Å². The number of halogens is 2. The first-order valence-electron chi connectivity index (χ1n) is 7.81. The van der Waals surface area contributed by atoms with E-state index in [0.717, 1.165) is 47.2 Å². The summed E-state index contributed by atoms with van der Waals surface area (Å²) in [6.45, 7) is 0. The van der Waals surface area contributed by atoms with Gasteiger partial charge in [-0.3, -0.25) is 4.79 Å². The quantitative estimate of drug-likeness (QED) is 0.758. The minimum atomic E-state index is -0.103. The molecule has 4 aliphatic rings. The van der Waals surface area contributed by atoms with Gasteiger partial charge in [-0.2, -0.15) is 0 Å². The van der Waals surface area contributed by atoms with Crippen LogP contribution in [-0.2, 0) is 4.79 Å². The summed E-state index contributed by atoms with van der Waals surface area (Å²) >= 11 is 9.50. The maximum atomic E-state index is 12.9. The van der Waals surface area contributed by atoms with E-state index in [1.807, 2.05) is 18.2 Å². The van der Waals surface area contributed by atoms with Gasteiger partial charge in [0, 0.05) is 10.2 Å². The summed E-state index contributed by atoms with van der Waals surface area (Å²) < 4.78 is 0.858. The Labute approximate surface area is 138 Å². The molecule has 0 atom stereocenters. The maximum absolute atomic E-state index is 12.9. The SMILES string of the molecule is O=C(Nc1ccc(Br)c(Cl)c1)C12CC3CC(CC(C3)C1)C2. The van der Waals surface area contributed by atoms with Gasteiger partial charge in [-0.15, -0.1) is 0 Å². The molecule has 0 saturated heterocycles. The molecular formula is C17H19BrClNO. The number of hydrogen-bond acceptors (Lipinski definition) is 1. The van der Waals surface area contributed by atoms with Gasteiger partial charge in [0.25, 0.3) is 0 Å². The summed E-state index contributed by atoms with van der Waals surface area (Å²) in [6.07, 6.45) is 7.35. The first-order chi connectivity index (χ1) is 10.0. The van der Waals surface area contributed by atoms with E-state index in [4.69, 9.17) is 11.6 Å². The van der Waals surface area contributed by atoms with Gasteiger partial charge in [0.15, 0.2) is 0 Å². The first-order valence-corrected chi connectivity index (χ1v) is 8.98. The number of hydrogen-bond donors (Lipinski definition) is 1. The predicted molar refractivity (Wildman–Crippen MR) is 88.4 cm³/mol. The highest BCUT2D eigenvalue weighted by molar-refractivity contribution is 9.10. The van der Waals surface area contributed by atoms with Crippen molar-refractivity contribution in [2.24, 2.45) is 23.2 Å². The largest absolute Gasteiger partial charge is 0.326 e. The van der Waals surface area contributed by atoms with Crippen molar-refractivity contribution in [3.8, 4) is 0 Å². The van der Waals surface area contributed by atoms with Crippen molar-refractivity contribution < 1.29 is 4.79 Å². The Bertz CT molecular complexity index is 565. The molecular weight excluding hydrogens is 350 g/mol. The molecule has 0 unspecified atom stereocenters. The summed E-state index contributed by atoms with van der Waals surface area (Å²) in [5.41, 5.74) is 0.706. The molecule has 4 saturated carbocycles. The van der Waals surface area contributed by atoms with E-state index >= 15 is 0 Å². The highest BCUT2D eigenvalue weighted by atomic mass is 79.9. The minimum absolute atomic E-state index is 0.103. The molecule has 21 heavy (non-hydrogen) atoms. The lowest BCUT2D eigenvalue weighted by Crippen LogP contribution is -2.51. The molecule has 4 fully saturated rings. The Morgan fingerprint density at radius 1 is 1.14 bits per heavy atom. The molecule has 0 spiro atoms.